The van der Waals surface area contributed by atoms with Crippen LogP contribution in [0.1, 0.15) is 10.4 Å². The second-order valence-corrected chi connectivity index (χ2v) is 4.70. The molecule has 1 heterocycles. The molecule has 0 aliphatic heterocycles. The average Bonchev–Trinajstić information content (AvgIpc) is 2.16. The highest BCUT2D eigenvalue weighted by molar-refractivity contribution is 9.11. The van der Waals surface area contributed by atoms with Crippen molar-refractivity contribution < 1.29 is 9.90 Å². The van der Waals surface area contributed by atoms with Gasteiger partial charge in [-0.25, -0.2) is 9.78 Å². The summed E-state index contributed by atoms with van der Waals surface area (Å²) in [5, 5.41) is 11.8. The molecule has 0 spiro atoms. The van der Waals surface area contributed by atoms with Crippen molar-refractivity contribution in [2.24, 2.45) is 0 Å². The van der Waals surface area contributed by atoms with Gasteiger partial charge in [-0.2, -0.15) is 0 Å². The molecule has 0 saturated carbocycles. The number of carboxylic acids is 1. The fourth-order valence-electron chi connectivity index (χ4n) is 0.886. The van der Waals surface area contributed by atoms with Gasteiger partial charge in [-0.05, 0) is 22.0 Å². The minimum absolute atomic E-state index is 0.174. The van der Waals surface area contributed by atoms with E-state index < -0.39 is 5.97 Å². The summed E-state index contributed by atoms with van der Waals surface area (Å²) >= 11 is 6.30. The minimum Gasteiger partial charge on any atom is -0.478 e. The van der Waals surface area contributed by atoms with Crippen molar-refractivity contribution in [3.8, 4) is 0 Å². The molecule has 80 valence electrons. The van der Waals surface area contributed by atoms with Crippen LogP contribution in [0.15, 0.2) is 27.8 Å². The van der Waals surface area contributed by atoms with Gasteiger partial charge in [-0.3, -0.25) is 0 Å². The fraction of sp³-hybridized carbons (Fsp3) is 0.111. The zero-order valence-corrected chi connectivity index (χ0v) is 10.8. The van der Waals surface area contributed by atoms with Crippen molar-refractivity contribution in [2.45, 2.75) is 0 Å². The molecule has 4 nitrogen and oxygen atoms in total. The van der Waals surface area contributed by atoms with Crippen LogP contribution < -0.4 is 5.32 Å². The number of anilines is 1. The summed E-state index contributed by atoms with van der Waals surface area (Å²) in [4.78, 5) is 14.8. The molecule has 2 N–H and O–H groups in total. The van der Waals surface area contributed by atoms with Crippen molar-refractivity contribution in [3.63, 3.8) is 0 Å². The van der Waals surface area contributed by atoms with Gasteiger partial charge in [0.05, 0.1) is 10.0 Å². The van der Waals surface area contributed by atoms with Crippen LogP contribution in [0, 0.1) is 0 Å². The normalized spacial score (nSPS) is 9.73. The highest BCUT2D eigenvalue weighted by atomic mass is 79.9. The number of nitrogens with one attached hydrogen (secondary N) is 1. The summed E-state index contributed by atoms with van der Waals surface area (Å²) in [6.07, 6.45) is 1.45. The lowest BCUT2D eigenvalue weighted by atomic mass is 10.2. The number of rotatable bonds is 4. The molecule has 0 atom stereocenters. The van der Waals surface area contributed by atoms with Crippen molar-refractivity contribution in [2.75, 3.05) is 11.9 Å². The van der Waals surface area contributed by atoms with E-state index in [0.717, 1.165) is 4.48 Å². The summed E-state index contributed by atoms with van der Waals surface area (Å²) in [6, 6.07) is 1.46. The molecular weight excluding hydrogens is 328 g/mol. The molecular formula is C9H8Br2N2O2. The third kappa shape index (κ3) is 3.64. The number of carboxylic acid groups (broad SMARTS) is 1. The second-order valence-electron chi connectivity index (χ2n) is 2.73. The van der Waals surface area contributed by atoms with Gasteiger partial charge in [0.15, 0.2) is 0 Å². The van der Waals surface area contributed by atoms with Crippen LogP contribution in [0.5, 0.6) is 0 Å². The maximum Gasteiger partial charge on any atom is 0.337 e. The van der Waals surface area contributed by atoms with E-state index >= 15 is 0 Å². The number of carbonyl (C=O) groups is 1. The first-order valence-corrected chi connectivity index (χ1v) is 5.55. The third-order valence-electron chi connectivity index (χ3n) is 1.55. The van der Waals surface area contributed by atoms with Gasteiger partial charge >= 0.3 is 5.97 Å². The van der Waals surface area contributed by atoms with E-state index in [0.29, 0.717) is 16.8 Å². The van der Waals surface area contributed by atoms with Crippen molar-refractivity contribution in [1.82, 2.24) is 4.98 Å². The van der Waals surface area contributed by atoms with Crippen molar-refractivity contribution in [3.05, 3.63) is 33.4 Å². The first kappa shape index (κ1) is 12.2. The Labute approximate surface area is 104 Å². The van der Waals surface area contributed by atoms with Crippen LogP contribution in [-0.4, -0.2) is 22.6 Å². The van der Waals surface area contributed by atoms with Crippen molar-refractivity contribution in [1.29, 1.82) is 0 Å². The largest absolute Gasteiger partial charge is 0.478 e. The lowest BCUT2D eigenvalue weighted by molar-refractivity contribution is 0.0696. The van der Waals surface area contributed by atoms with Gasteiger partial charge in [0, 0.05) is 17.2 Å². The van der Waals surface area contributed by atoms with E-state index in [1.807, 2.05) is 0 Å². The Morgan fingerprint density at radius 2 is 2.33 bits per heavy atom. The van der Waals surface area contributed by atoms with Crippen molar-refractivity contribution >= 4 is 43.6 Å². The number of hydrogen-bond acceptors (Lipinski definition) is 3. The predicted octanol–water partition coefficient (Wildman–Crippen LogP) is 2.86. The monoisotopic (exact) mass is 334 g/mol. The van der Waals surface area contributed by atoms with Gasteiger partial charge in [-0.15, -0.1) is 0 Å². The lowest BCUT2D eigenvalue weighted by Crippen LogP contribution is -2.05. The standard InChI is InChI=1S/C9H8Br2N2O2/c1-5(10)3-12-8-2-6(9(14)15)7(11)4-13-8/h2,4H,1,3H2,(H,12,13)(H,14,15). The Morgan fingerprint density at radius 1 is 1.67 bits per heavy atom. The average molecular weight is 336 g/mol. The summed E-state index contributed by atoms with van der Waals surface area (Å²) in [7, 11) is 0. The summed E-state index contributed by atoms with van der Waals surface area (Å²) in [6.45, 7) is 4.14. The molecule has 0 aliphatic carbocycles. The van der Waals surface area contributed by atoms with Crippen LogP contribution in [0.2, 0.25) is 0 Å². The highest BCUT2D eigenvalue weighted by Gasteiger charge is 2.09. The van der Waals surface area contributed by atoms with E-state index in [4.69, 9.17) is 5.11 Å². The quantitative estimate of drug-likeness (QED) is 0.888. The van der Waals surface area contributed by atoms with Crippen LogP contribution in [0.4, 0.5) is 5.82 Å². The highest BCUT2D eigenvalue weighted by Crippen LogP contribution is 2.18. The smallest absolute Gasteiger partial charge is 0.337 e. The number of hydrogen-bond donors (Lipinski definition) is 2. The van der Waals surface area contributed by atoms with Gasteiger partial charge in [0.1, 0.15) is 5.82 Å². The van der Waals surface area contributed by atoms with E-state index in [2.05, 4.69) is 48.7 Å². The minimum atomic E-state index is -0.995. The number of nitrogens with zero attached hydrogens (tertiary/aromatic N) is 1. The number of aromatic carboxylic acids is 1. The second kappa shape index (κ2) is 5.27. The van der Waals surface area contributed by atoms with Crippen LogP contribution >= 0.6 is 31.9 Å². The molecule has 0 aromatic carbocycles. The fourth-order valence-corrected chi connectivity index (χ4v) is 1.41. The molecule has 15 heavy (non-hydrogen) atoms. The maximum absolute atomic E-state index is 10.8. The van der Waals surface area contributed by atoms with E-state index in [9.17, 15) is 4.79 Å². The van der Waals surface area contributed by atoms with Gasteiger partial charge in [0.25, 0.3) is 0 Å². The first-order valence-electron chi connectivity index (χ1n) is 3.96. The maximum atomic E-state index is 10.8. The lowest BCUT2D eigenvalue weighted by Gasteiger charge is -2.05. The molecule has 1 aromatic rings. The summed E-state index contributed by atoms with van der Waals surface area (Å²) in [5.74, 6) is -0.499. The van der Waals surface area contributed by atoms with E-state index in [1.54, 1.807) is 0 Å². The molecule has 0 radical (unpaired) electrons. The molecule has 1 rings (SSSR count). The first-order chi connectivity index (χ1) is 7.00. The van der Waals surface area contributed by atoms with Gasteiger partial charge in [-0.1, -0.05) is 22.5 Å². The molecule has 1 aromatic heterocycles. The zero-order chi connectivity index (χ0) is 11.4. The Balaban J connectivity index is 2.87. The third-order valence-corrected chi connectivity index (χ3v) is 2.46. The topological polar surface area (TPSA) is 62.2 Å². The molecule has 0 aliphatic rings. The van der Waals surface area contributed by atoms with E-state index in [-0.39, 0.29) is 5.56 Å². The SMILES string of the molecule is C=C(Br)CNc1cc(C(=O)O)c(Br)cn1. The summed E-state index contributed by atoms with van der Waals surface area (Å²) < 4.78 is 1.22. The Kier molecular flexibility index (Phi) is 4.28. The van der Waals surface area contributed by atoms with Crippen LogP contribution in [-0.2, 0) is 0 Å². The number of aromatic nitrogens is 1. The molecule has 6 heteroatoms. The zero-order valence-electron chi connectivity index (χ0n) is 7.63. The molecule has 0 amide bonds. The van der Waals surface area contributed by atoms with E-state index in [1.165, 1.54) is 12.3 Å². The Morgan fingerprint density at radius 3 is 2.87 bits per heavy atom. The van der Waals surface area contributed by atoms with Crippen LogP contribution in [0.25, 0.3) is 0 Å². The van der Waals surface area contributed by atoms with Gasteiger partial charge < -0.3 is 10.4 Å². The molecule has 0 bridgehead atoms. The van der Waals surface area contributed by atoms with Gasteiger partial charge in [0.2, 0.25) is 0 Å². The predicted molar refractivity (Wildman–Crippen MR) is 65.5 cm³/mol. The molecule has 0 saturated heterocycles. The molecule has 0 unspecified atom stereocenters. The summed E-state index contributed by atoms with van der Waals surface area (Å²) in [5.41, 5.74) is 0.174. The molecule has 0 fully saturated rings. The number of pyridine rings is 1. The van der Waals surface area contributed by atoms with Crippen LogP contribution in [0.3, 0.4) is 0 Å². The Bertz CT molecular complexity index is 407. The Hall–Kier alpha value is -0.880. The number of halogens is 2.